The molecule has 4 heterocycles. The Balaban J connectivity index is 1.17. The molecule has 6 aromatic carbocycles. The maximum Gasteiger partial charge on any atom is 0.160 e. The van der Waals surface area contributed by atoms with E-state index in [1.807, 2.05) is 12.1 Å². The normalized spacial score (nSPS) is 13.5. The highest BCUT2D eigenvalue weighted by Crippen LogP contribution is 2.41. The van der Waals surface area contributed by atoms with Crippen molar-refractivity contribution in [2.24, 2.45) is 0 Å². The Kier molecular flexibility index (Phi) is 5.41. The number of hydrogen-bond acceptors (Lipinski definition) is 3. The van der Waals surface area contributed by atoms with Gasteiger partial charge in [-0.2, -0.15) is 0 Å². The number of hydrogen-bond donors (Lipinski definition) is 0. The molecule has 0 unspecified atom stereocenters. The van der Waals surface area contributed by atoms with Crippen molar-refractivity contribution in [2.45, 2.75) is 13.1 Å². The van der Waals surface area contributed by atoms with Crippen molar-refractivity contribution in [3.63, 3.8) is 0 Å². The summed E-state index contributed by atoms with van der Waals surface area (Å²) in [5, 5.41) is 7.49. The van der Waals surface area contributed by atoms with E-state index in [0.29, 0.717) is 0 Å². The third-order valence-corrected chi connectivity index (χ3v) is 13.5. The standard InChI is InChI=1S/C42H29N3OSi/c1-47(2)36-19-11-8-16-31(36)40-41(47)39(26-12-4-3-5-13-26)43-42(44-40)27-20-22-28(23-21-27)45-32-17-9-6-14-29(32)37-33(45)24-25-35-38(37)30-15-7-10-18-34(30)46-35/h3-25H,1-2H3. The van der Waals surface area contributed by atoms with Crippen molar-refractivity contribution in [2.75, 3.05) is 0 Å². The van der Waals surface area contributed by atoms with Crippen LogP contribution in [0.15, 0.2) is 144 Å². The van der Waals surface area contributed by atoms with Gasteiger partial charge in [-0.25, -0.2) is 9.97 Å². The van der Waals surface area contributed by atoms with Crippen LogP contribution in [0.1, 0.15) is 0 Å². The van der Waals surface area contributed by atoms with Gasteiger partial charge in [-0.1, -0.05) is 104 Å². The van der Waals surface area contributed by atoms with E-state index in [9.17, 15) is 0 Å². The second kappa shape index (κ2) is 9.61. The van der Waals surface area contributed by atoms with Gasteiger partial charge < -0.3 is 8.98 Å². The molecule has 4 nitrogen and oxygen atoms in total. The van der Waals surface area contributed by atoms with Crippen LogP contribution in [0.4, 0.5) is 0 Å². The fourth-order valence-electron chi connectivity index (χ4n) is 7.86. The molecule has 0 saturated heterocycles. The molecule has 9 aromatic rings. The zero-order valence-corrected chi connectivity index (χ0v) is 27.0. The molecule has 0 aliphatic carbocycles. The lowest BCUT2D eigenvalue weighted by Crippen LogP contribution is -2.50. The second-order valence-corrected chi connectivity index (χ2v) is 17.3. The number of rotatable bonds is 3. The average molecular weight is 620 g/mol. The van der Waals surface area contributed by atoms with Gasteiger partial charge in [-0.05, 0) is 64.5 Å². The molecule has 5 heteroatoms. The van der Waals surface area contributed by atoms with Crippen molar-refractivity contribution in [3.05, 3.63) is 140 Å². The second-order valence-electron chi connectivity index (χ2n) is 13.0. The Hall–Kier alpha value is -5.78. The summed E-state index contributed by atoms with van der Waals surface area (Å²) in [7, 11) is -2.00. The highest BCUT2D eigenvalue weighted by Gasteiger charge is 2.41. The first-order valence-corrected chi connectivity index (χ1v) is 19.1. The van der Waals surface area contributed by atoms with Gasteiger partial charge in [0.15, 0.2) is 5.82 Å². The largest absolute Gasteiger partial charge is 0.456 e. The fraction of sp³-hybridized carbons (Fsp3) is 0.0476. The predicted molar refractivity (Wildman–Crippen MR) is 197 cm³/mol. The smallest absolute Gasteiger partial charge is 0.160 e. The number of aromatic nitrogens is 3. The molecule has 0 saturated carbocycles. The van der Waals surface area contributed by atoms with Gasteiger partial charge in [0.1, 0.15) is 19.2 Å². The summed E-state index contributed by atoms with van der Waals surface area (Å²) >= 11 is 0. The zero-order valence-electron chi connectivity index (χ0n) is 26.0. The summed E-state index contributed by atoms with van der Waals surface area (Å²) < 4.78 is 8.64. The lowest BCUT2D eigenvalue weighted by Gasteiger charge is -2.21. The van der Waals surface area contributed by atoms with Gasteiger partial charge in [-0.15, -0.1) is 0 Å². The highest BCUT2D eigenvalue weighted by atomic mass is 28.3. The maximum atomic E-state index is 6.28. The van der Waals surface area contributed by atoms with E-state index in [-0.39, 0.29) is 0 Å². The van der Waals surface area contributed by atoms with Gasteiger partial charge in [0, 0.05) is 38.4 Å². The number of furan rings is 1. The van der Waals surface area contributed by atoms with Crippen LogP contribution in [0.2, 0.25) is 13.1 Å². The zero-order chi connectivity index (χ0) is 31.3. The van der Waals surface area contributed by atoms with E-state index < -0.39 is 8.07 Å². The topological polar surface area (TPSA) is 43.9 Å². The van der Waals surface area contributed by atoms with E-state index in [4.69, 9.17) is 14.4 Å². The monoisotopic (exact) mass is 619 g/mol. The first-order valence-electron chi connectivity index (χ1n) is 16.1. The van der Waals surface area contributed by atoms with Crippen LogP contribution < -0.4 is 10.4 Å². The van der Waals surface area contributed by atoms with E-state index >= 15 is 0 Å². The summed E-state index contributed by atoms with van der Waals surface area (Å²) in [6.07, 6.45) is 0. The molecular formula is C42H29N3OSi. The van der Waals surface area contributed by atoms with Crippen LogP contribution in [-0.4, -0.2) is 22.6 Å². The van der Waals surface area contributed by atoms with E-state index in [2.05, 4.69) is 145 Å². The van der Waals surface area contributed by atoms with Crippen LogP contribution >= 0.6 is 0 Å². The third kappa shape index (κ3) is 3.69. The molecule has 3 aromatic heterocycles. The van der Waals surface area contributed by atoms with Crippen LogP contribution in [0.3, 0.4) is 0 Å². The Morgan fingerprint density at radius 2 is 1.23 bits per heavy atom. The number of fused-ring (bicyclic) bond motifs is 10. The van der Waals surface area contributed by atoms with Crippen molar-refractivity contribution < 1.29 is 4.42 Å². The molecule has 1 aliphatic rings. The average Bonchev–Trinajstić information content (AvgIpc) is 3.74. The van der Waals surface area contributed by atoms with E-state index in [1.165, 1.54) is 26.7 Å². The van der Waals surface area contributed by atoms with E-state index in [1.54, 1.807) is 0 Å². The fourth-order valence-corrected chi connectivity index (χ4v) is 11.1. The minimum Gasteiger partial charge on any atom is -0.456 e. The highest BCUT2D eigenvalue weighted by molar-refractivity contribution is 7.04. The number of benzene rings is 6. The van der Waals surface area contributed by atoms with Gasteiger partial charge >= 0.3 is 0 Å². The van der Waals surface area contributed by atoms with Crippen LogP contribution in [0.5, 0.6) is 0 Å². The first kappa shape index (κ1) is 26.4. The number of para-hydroxylation sites is 2. The van der Waals surface area contributed by atoms with Crippen LogP contribution in [0, 0.1) is 0 Å². The summed E-state index contributed by atoms with van der Waals surface area (Å²) in [4.78, 5) is 10.6. The minimum absolute atomic E-state index is 0.754. The van der Waals surface area contributed by atoms with Crippen molar-refractivity contribution in [1.82, 2.24) is 14.5 Å². The predicted octanol–water partition coefficient (Wildman–Crippen LogP) is 9.61. The number of nitrogens with zero attached hydrogens (tertiary/aromatic N) is 3. The molecular weight excluding hydrogens is 591 g/mol. The SMILES string of the molecule is C[Si]1(C)c2ccccc2-c2nc(-c3ccc(-n4c5ccccc5c5c6c(ccc54)oc4ccccc46)cc3)nc(-c3ccccc3)c21. The molecule has 0 atom stereocenters. The lowest BCUT2D eigenvalue weighted by atomic mass is 10.1. The minimum atomic E-state index is -2.00. The molecule has 1 aliphatic heterocycles. The quantitative estimate of drug-likeness (QED) is 0.185. The third-order valence-electron chi connectivity index (χ3n) is 10.00. The van der Waals surface area contributed by atoms with Crippen molar-refractivity contribution in [3.8, 4) is 39.6 Å². The Morgan fingerprint density at radius 3 is 2.09 bits per heavy atom. The molecule has 0 bridgehead atoms. The lowest BCUT2D eigenvalue weighted by molar-refractivity contribution is 0.669. The van der Waals surface area contributed by atoms with Gasteiger partial charge in [-0.3, -0.25) is 0 Å². The summed E-state index contributed by atoms with van der Waals surface area (Å²) in [6.45, 7) is 4.85. The molecule has 222 valence electrons. The first-order chi connectivity index (χ1) is 23.1. The van der Waals surface area contributed by atoms with Gasteiger partial charge in [0.2, 0.25) is 0 Å². The summed E-state index contributed by atoms with van der Waals surface area (Å²) in [5.41, 5.74) is 10.8. The molecule has 0 amide bonds. The molecule has 0 N–H and O–H groups in total. The van der Waals surface area contributed by atoms with Crippen LogP contribution in [-0.2, 0) is 0 Å². The van der Waals surface area contributed by atoms with Crippen molar-refractivity contribution >= 4 is 62.2 Å². The molecule has 0 radical (unpaired) electrons. The summed E-state index contributed by atoms with van der Waals surface area (Å²) in [6, 6.07) is 49.4. The molecule has 0 fully saturated rings. The van der Waals surface area contributed by atoms with Gasteiger partial charge in [0.05, 0.1) is 22.4 Å². The molecule has 47 heavy (non-hydrogen) atoms. The van der Waals surface area contributed by atoms with E-state index in [0.717, 1.165) is 67.0 Å². The van der Waals surface area contributed by atoms with Gasteiger partial charge in [0.25, 0.3) is 0 Å². The molecule has 10 rings (SSSR count). The van der Waals surface area contributed by atoms with Crippen LogP contribution in [0.25, 0.3) is 83.3 Å². The van der Waals surface area contributed by atoms with Crippen molar-refractivity contribution in [1.29, 1.82) is 0 Å². The maximum absolute atomic E-state index is 6.28. The molecule has 0 spiro atoms. The summed E-state index contributed by atoms with van der Waals surface area (Å²) in [5.74, 6) is 0.754. The Bertz CT molecular complexity index is 2700. The Labute approximate surface area is 272 Å². The Morgan fingerprint density at radius 1 is 0.532 bits per heavy atom.